The lowest BCUT2D eigenvalue weighted by Gasteiger charge is -2.12. The zero-order valence-corrected chi connectivity index (χ0v) is 14.9. The summed E-state index contributed by atoms with van der Waals surface area (Å²) in [4.78, 5) is 32.8. The van der Waals surface area contributed by atoms with Gasteiger partial charge >= 0.3 is 0 Å². The van der Waals surface area contributed by atoms with Gasteiger partial charge < -0.3 is 5.32 Å². The molecule has 134 valence electrons. The van der Waals surface area contributed by atoms with E-state index in [-0.39, 0.29) is 23.9 Å². The van der Waals surface area contributed by atoms with Gasteiger partial charge in [-0.25, -0.2) is 14.6 Å². The van der Waals surface area contributed by atoms with Gasteiger partial charge in [-0.05, 0) is 30.2 Å². The van der Waals surface area contributed by atoms with Crippen LogP contribution >= 0.6 is 0 Å². The molecule has 1 amide bonds. The van der Waals surface area contributed by atoms with Gasteiger partial charge in [0.1, 0.15) is 30.0 Å². The molecule has 26 heavy (non-hydrogen) atoms. The van der Waals surface area contributed by atoms with E-state index in [1.54, 1.807) is 16.5 Å². The van der Waals surface area contributed by atoms with Crippen LogP contribution in [0.5, 0.6) is 0 Å². The maximum atomic E-state index is 12.8. The van der Waals surface area contributed by atoms with Crippen LogP contribution in [0.3, 0.4) is 0 Å². The number of allylic oxidation sites excluding steroid dienone is 1. The molecular weight excluding hydrogens is 332 g/mol. The minimum Gasteiger partial charge on any atom is -0.309 e. The van der Waals surface area contributed by atoms with E-state index < -0.39 is 0 Å². The number of carbonyl (C=O) groups excluding carboxylic acids is 1. The van der Waals surface area contributed by atoms with Crippen molar-refractivity contribution in [2.45, 2.75) is 33.2 Å². The SMILES string of the molecule is C=C(C)c1cc2c(=O)n(CC(=O)Nc3ccncn3)nc(C(C)C)n2c1. The second-order valence-corrected chi connectivity index (χ2v) is 6.38. The average Bonchev–Trinajstić information content (AvgIpc) is 3.04. The van der Waals surface area contributed by atoms with Crippen LogP contribution in [-0.2, 0) is 11.3 Å². The third-order valence-corrected chi connectivity index (χ3v) is 3.90. The molecular formula is C18H20N6O2. The van der Waals surface area contributed by atoms with Crippen LogP contribution in [0, 0.1) is 0 Å². The number of nitrogens with zero attached hydrogens (tertiary/aromatic N) is 5. The van der Waals surface area contributed by atoms with Gasteiger partial charge in [0.2, 0.25) is 5.91 Å². The highest BCUT2D eigenvalue weighted by atomic mass is 16.2. The molecule has 0 fully saturated rings. The number of aromatic nitrogens is 5. The molecule has 0 bridgehead atoms. The Morgan fingerprint density at radius 3 is 2.77 bits per heavy atom. The predicted octanol–water partition coefficient (Wildman–Crippen LogP) is 2.08. The van der Waals surface area contributed by atoms with Gasteiger partial charge in [0.25, 0.3) is 5.56 Å². The molecule has 3 aromatic heterocycles. The van der Waals surface area contributed by atoms with Crippen LogP contribution in [0.2, 0.25) is 0 Å². The fourth-order valence-electron chi connectivity index (χ4n) is 2.58. The van der Waals surface area contributed by atoms with E-state index in [0.717, 1.165) is 11.1 Å². The molecule has 1 N–H and O–H groups in total. The number of fused-ring (bicyclic) bond motifs is 1. The van der Waals surface area contributed by atoms with Crippen LogP contribution in [0.25, 0.3) is 11.1 Å². The van der Waals surface area contributed by atoms with Crippen molar-refractivity contribution < 1.29 is 4.79 Å². The Morgan fingerprint density at radius 2 is 2.15 bits per heavy atom. The van der Waals surface area contributed by atoms with Crippen molar-refractivity contribution >= 4 is 22.8 Å². The third-order valence-electron chi connectivity index (χ3n) is 3.90. The van der Waals surface area contributed by atoms with E-state index in [1.807, 2.05) is 27.0 Å². The monoisotopic (exact) mass is 352 g/mol. The van der Waals surface area contributed by atoms with Crippen LogP contribution in [0.4, 0.5) is 5.82 Å². The topological polar surface area (TPSA) is 94.2 Å². The Morgan fingerprint density at radius 1 is 1.38 bits per heavy atom. The Kier molecular flexibility index (Phi) is 4.66. The lowest BCUT2D eigenvalue weighted by molar-refractivity contribution is -0.117. The summed E-state index contributed by atoms with van der Waals surface area (Å²) in [7, 11) is 0. The van der Waals surface area contributed by atoms with E-state index >= 15 is 0 Å². The number of hydrogen-bond acceptors (Lipinski definition) is 5. The number of anilines is 1. The molecule has 0 saturated heterocycles. The molecule has 0 radical (unpaired) electrons. The minimum atomic E-state index is -0.385. The number of hydrogen-bond donors (Lipinski definition) is 1. The second kappa shape index (κ2) is 6.91. The molecule has 0 aliphatic rings. The van der Waals surface area contributed by atoms with Crippen molar-refractivity contribution in [3.05, 3.63) is 59.2 Å². The van der Waals surface area contributed by atoms with Crippen molar-refractivity contribution in [3.8, 4) is 0 Å². The summed E-state index contributed by atoms with van der Waals surface area (Å²) in [5.74, 6) is 0.751. The molecule has 0 atom stereocenters. The molecule has 0 aliphatic carbocycles. The molecule has 0 aliphatic heterocycles. The van der Waals surface area contributed by atoms with E-state index in [4.69, 9.17) is 0 Å². The van der Waals surface area contributed by atoms with Gasteiger partial charge in [0.05, 0.1) is 0 Å². The Hall–Kier alpha value is -3.29. The van der Waals surface area contributed by atoms with Gasteiger partial charge in [-0.1, -0.05) is 20.4 Å². The predicted molar refractivity (Wildman–Crippen MR) is 98.9 cm³/mol. The smallest absolute Gasteiger partial charge is 0.291 e. The molecule has 0 unspecified atom stereocenters. The van der Waals surface area contributed by atoms with E-state index in [2.05, 4.69) is 27.0 Å². The van der Waals surface area contributed by atoms with Gasteiger partial charge in [0, 0.05) is 18.3 Å². The zero-order chi connectivity index (χ0) is 18.8. The second-order valence-electron chi connectivity index (χ2n) is 6.38. The van der Waals surface area contributed by atoms with Crippen LogP contribution in [0.15, 0.2) is 42.2 Å². The fourth-order valence-corrected chi connectivity index (χ4v) is 2.58. The first kappa shape index (κ1) is 17.5. The first-order chi connectivity index (χ1) is 12.4. The summed E-state index contributed by atoms with van der Waals surface area (Å²) in [5.41, 5.74) is 1.86. The molecule has 3 rings (SSSR count). The number of carbonyl (C=O) groups is 1. The highest BCUT2D eigenvalue weighted by Gasteiger charge is 2.16. The minimum absolute atomic E-state index is 0.0691. The molecule has 8 heteroatoms. The third kappa shape index (κ3) is 3.39. The van der Waals surface area contributed by atoms with Crippen LogP contribution < -0.4 is 10.9 Å². The first-order valence-corrected chi connectivity index (χ1v) is 8.21. The van der Waals surface area contributed by atoms with Gasteiger partial charge in [-0.2, -0.15) is 5.10 Å². The molecule has 0 aromatic carbocycles. The van der Waals surface area contributed by atoms with Crippen molar-refractivity contribution in [3.63, 3.8) is 0 Å². The summed E-state index contributed by atoms with van der Waals surface area (Å²) < 4.78 is 2.96. The number of rotatable bonds is 5. The normalized spacial score (nSPS) is 11.1. The maximum absolute atomic E-state index is 12.8. The first-order valence-electron chi connectivity index (χ1n) is 8.21. The summed E-state index contributed by atoms with van der Waals surface area (Å²) in [6.07, 6.45) is 4.71. The van der Waals surface area contributed by atoms with E-state index in [9.17, 15) is 9.59 Å². The molecule has 0 saturated carbocycles. The standard InChI is InChI=1S/C18H20N6O2/c1-11(2)13-7-14-18(26)24(22-17(12(3)4)23(14)8-13)9-16(25)21-15-5-6-19-10-20-15/h5-8,10,12H,1,9H2,2-4H3,(H,19,20,21,25). The molecule has 0 spiro atoms. The Bertz CT molecular complexity index is 1030. The molecule has 8 nitrogen and oxygen atoms in total. The number of amides is 1. The molecule has 3 aromatic rings. The lowest BCUT2D eigenvalue weighted by atomic mass is 10.2. The highest BCUT2D eigenvalue weighted by Crippen LogP contribution is 2.19. The highest BCUT2D eigenvalue weighted by molar-refractivity contribution is 5.89. The lowest BCUT2D eigenvalue weighted by Crippen LogP contribution is -2.32. The summed E-state index contributed by atoms with van der Waals surface area (Å²) >= 11 is 0. The van der Waals surface area contributed by atoms with Crippen molar-refractivity contribution in [1.82, 2.24) is 24.1 Å². The van der Waals surface area contributed by atoms with Crippen LogP contribution in [-0.4, -0.2) is 30.1 Å². The summed E-state index contributed by atoms with van der Waals surface area (Å²) in [6.45, 7) is 9.57. The Balaban J connectivity index is 2.00. The van der Waals surface area contributed by atoms with Crippen LogP contribution in [0.1, 0.15) is 38.1 Å². The Labute approximate surface area is 150 Å². The van der Waals surface area contributed by atoms with E-state index in [0.29, 0.717) is 17.2 Å². The summed E-state index contributed by atoms with van der Waals surface area (Å²) in [6, 6.07) is 3.35. The maximum Gasteiger partial charge on any atom is 0.291 e. The van der Waals surface area contributed by atoms with Gasteiger partial charge in [-0.3, -0.25) is 14.0 Å². The van der Waals surface area contributed by atoms with Crippen molar-refractivity contribution in [2.75, 3.05) is 5.32 Å². The fraction of sp³-hybridized carbons (Fsp3) is 0.278. The zero-order valence-electron chi connectivity index (χ0n) is 14.9. The largest absolute Gasteiger partial charge is 0.309 e. The van der Waals surface area contributed by atoms with Gasteiger partial charge in [-0.15, -0.1) is 0 Å². The summed E-state index contributed by atoms with van der Waals surface area (Å²) in [5, 5.41) is 7.03. The van der Waals surface area contributed by atoms with Crippen molar-refractivity contribution in [2.24, 2.45) is 0 Å². The molecule has 3 heterocycles. The van der Waals surface area contributed by atoms with Crippen molar-refractivity contribution in [1.29, 1.82) is 0 Å². The van der Waals surface area contributed by atoms with E-state index in [1.165, 1.54) is 17.2 Å². The number of nitrogens with one attached hydrogen (secondary N) is 1. The average molecular weight is 352 g/mol. The quantitative estimate of drug-likeness (QED) is 0.759. The van der Waals surface area contributed by atoms with Gasteiger partial charge in [0.15, 0.2) is 0 Å².